The molecule has 0 aromatic heterocycles. The van der Waals surface area contributed by atoms with Crippen LogP contribution in [0.25, 0.3) is 0 Å². The summed E-state index contributed by atoms with van der Waals surface area (Å²) in [6.07, 6.45) is 0. The van der Waals surface area contributed by atoms with Crippen molar-refractivity contribution in [3.05, 3.63) is 263 Å². The van der Waals surface area contributed by atoms with E-state index in [4.69, 9.17) is 0 Å². The third-order valence-corrected chi connectivity index (χ3v) is 19.6. The van der Waals surface area contributed by atoms with Gasteiger partial charge in [-0.1, -0.05) is 183 Å². The van der Waals surface area contributed by atoms with E-state index in [1.807, 2.05) is 23.5 Å². The Balaban J connectivity index is 1.02. The zero-order chi connectivity index (χ0) is 55.7. The molecule has 82 heavy (non-hydrogen) atoms. The predicted molar refractivity (Wildman–Crippen MR) is 354 cm³/mol. The van der Waals surface area contributed by atoms with Crippen molar-refractivity contribution in [2.24, 2.45) is 0 Å². The molecule has 0 saturated carbocycles. The van der Waals surface area contributed by atoms with Gasteiger partial charge in [-0.2, -0.15) is 0 Å². The fraction of sp³-hybridized carbons (Fsp3) is 0.108. The summed E-state index contributed by atoms with van der Waals surface area (Å²) in [4.78, 5) is 15.3. The number of fused-ring (bicyclic) bond motifs is 8. The lowest BCUT2D eigenvalue weighted by Gasteiger charge is -2.46. The Morgan fingerprint density at radius 3 is 1.26 bits per heavy atom. The maximum atomic E-state index is 2.66. The van der Waals surface area contributed by atoms with Gasteiger partial charge in [0.05, 0.1) is 5.69 Å². The molecule has 0 unspecified atom stereocenters. The summed E-state index contributed by atoms with van der Waals surface area (Å²) in [5.74, 6) is 0. The molecule has 0 bridgehead atoms. The van der Waals surface area contributed by atoms with E-state index in [2.05, 4.69) is 293 Å². The summed E-state index contributed by atoms with van der Waals surface area (Å²) in [5.41, 5.74) is 31.9. The lowest BCUT2D eigenvalue weighted by atomic mass is 9.31. The van der Waals surface area contributed by atoms with Gasteiger partial charge in [0.2, 0.25) is 6.71 Å². The molecule has 0 fully saturated rings. The highest BCUT2D eigenvalue weighted by Crippen LogP contribution is 2.51. The molecule has 0 saturated heterocycles. The van der Waals surface area contributed by atoms with Gasteiger partial charge in [0.1, 0.15) is 0 Å². The average Bonchev–Trinajstić information content (AvgIpc) is 1.40. The highest BCUT2D eigenvalue weighted by atomic mass is 32.2. The summed E-state index contributed by atoms with van der Waals surface area (Å²) >= 11 is 3.88. The first-order valence-electron chi connectivity index (χ1n) is 28.6. The third-order valence-electron chi connectivity index (χ3n) is 17.3. The van der Waals surface area contributed by atoms with E-state index in [1.54, 1.807) is 0 Å². The molecule has 4 nitrogen and oxygen atoms in total. The first kappa shape index (κ1) is 50.4. The standard InChI is InChI=1S/C74H60B2N4S2/c1-45-13-25-53(26-14-45)77(54-27-15-46(2)16-28-54)58-39-67-73-68(40-58)80(64-12-10-9-11-52(64)8)66-44-70-63(43-61(66)75(73)60-37-50(6)23-35-65(60)79(67)57-33-21-49(5)22-34-57)76-62-38-51(7)24-36-69(62)81-71-41-59(42-72(82-70)74(71)76)78(55-29-17-47(3)18-30-55)56-31-19-48(4)20-32-56/h9-44H,1-8H3. The van der Waals surface area contributed by atoms with Gasteiger partial charge in [-0.05, 0) is 192 Å². The fourth-order valence-electron chi connectivity index (χ4n) is 13.2. The Kier molecular flexibility index (Phi) is 12.0. The number of hydrogen-bond acceptors (Lipinski definition) is 6. The van der Waals surface area contributed by atoms with Gasteiger partial charge in [-0.3, -0.25) is 0 Å². The topological polar surface area (TPSA) is 13.0 Å². The van der Waals surface area contributed by atoms with Crippen LogP contribution < -0.4 is 52.4 Å². The van der Waals surface area contributed by atoms with Gasteiger partial charge in [-0.25, -0.2) is 0 Å². The molecule has 0 aliphatic carbocycles. The number of nitrogens with zero attached hydrogens (tertiary/aromatic N) is 4. The molecule has 0 spiro atoms. The number of anilines is 12. The minimum atomic E-state index is -0.0795. The van der Waals surface area contributed by atoms with Crippen LogP contribution >= 0.6 is 23.5 Å². The summed E-state index contributed by atoms with van der Waals surface area (Å²) in [5, 5.41) is 0. The molecule has 11 aromatic carbocycles. The molecular formula is C74H60B2N4S2. The number of hydrogen-bond donors (Lipinski definition) is 0. The molecule has 15 rings (SSSR count). The van der Waals surface area contributed by atoms with Gasteiger partial charge in [0.25, 0.3) is 6.71 Å². The van der Waals surface area contributed by atoms with Crippen molar-refractivity contribution in [1.82, 2.24) is 0 Å². The van der Waals surface area contributed by atoms with Gasteiger partial charge >= 0.3 is 0 Å². The number of rotatable bonds is 8. The summed E-state index contributed by atoms with van der Waals surface area (Å²) in [7, 11) is 0. The largest absolute Gasteiger partial charge is 0.311 e. The number of aryl methyl sites for hydroxylation is 8. The van der Waals surface area contributed by atoms with Crippen LogP contribution in [-0.2, 0) is 0 Å². The van der Waals surface area contributed by atoms with Crippen LogP contribution in [0.1, 0.15) is 44.5 Å². The molecule has 4 heterocycles. The Morgan fingerprint density at radius 1 is 0.280 bits per heavy atom. The number of benzene rings is 11. The van der Waals surface area contributed by atoms with E-state index in [9.17, 15) is 0 Å². The summed E-state index contributed by atoms with van der Waals surface area (Å²) < 4.78 is 0. The normalized spacial score (nSPS) is 13.2. The first-order chi connectivity index (χ1) is 39.9. The molecular weight excluding hydrogens is 1030 g/mol. The fourth-order valence-corrected chi connectivity index (χ4v) is 15.6. The van der Waals surface area contributed by atoms with Crippen LogP contribution in [0.4, 0.5) is 68.2 Å². The Bertz CT molecular complexity index is 4300. The molecule has 4 aliphatic rings. The highest BCUT2D eigenvalue weighted by Gasteiger charge is 2.47. The summed E-state index contributed by atoms with van der Waals surface area (Å²) in [6, 6.07) is 83.7. The monoisotopic (exact) mass is 1090 g/mol. The van der Waals surface area contributed by atoms with Gasteiger partial charge in [0.15, 0.2) is 0 Å². The van der Waals surface area contributed by atoms with Crippen LogP contribution in [0.2, 0.25) is 0 Å². The molecule has 0 N–H and O–H groups in total. The minimum absolute atomic E-state index is 0.0290. The van der Waals surface area contributed by atoms with Crippen LogP contribution in [0.3, 0.4) is 0 Å². The van der Waals surface area contributed by atoms with Crippen molar-refractivity contribution in [1.29, 1.82) is 0 Å². The van der Waals surface area contributed by atoms with Crippen molar-refractivity contribution in [2.75, 3.05) is 19.6 Å². The minimum Gasteiger partial charge on any atom is -0.311 e. The van der Waals surface area contributed by atoms with E-state index in [-0.39, 0.29) is 13.4 Å². The van der Waals surface area contributed by atoms with Crippen molar-refractivity contribution in [3.8, 4) is 0 Å². The van der Waals surface area contributed by atoms with E-state index < -0.39 is 0 Å². The SMILES string of the molecule is Cc1ccc(N(c2ccc(C)cc2)c2cc3c4c(c2)Sc2cc5c(cc2B4c2cc(C)ccc2S3)B2c3cc(C)ccc3N(c3ccc(C)cc3)c3cc(N(c4ccc(C)cc4)c4ccc(C)cc4)cc(c32)N5c2ccccc2C)cc1. The zero-order valence-corrected chi connectivity index (χ0v) is 49.2. The Morgan fingerprint density at radius 2 is 0.707 bits per heavy atom. The zero-order valence-electron chi connectivity index (χ0n) is 47.5. The molecule has 11 aromatic rings. The van der Waals surface area contributed by atoms with Crippen molar-refractivity contribution < 1.29 is 0 Å². The Hall–Kier alpha value is -8.55. The third kappa shape index (κ3) is 8.32. The van der Waals surface area contributed by atoms with E-state index in [0.29, 0.717) is 0 Å². The highest BCUT2D eigenvalue weighted by molar-refractivity contribution is 8.01. The second-order valence-corrected chi connectivity index (χ2v) is 25.3. The molecule has 0 atom stereocenters. The van der Waals surface area contributed by atoms with Crippen LogP contribution in [0, 0.1) is 55.4 Å². The van der Waals surface area contributed by atoms with Crippen LogP contribution in [0.15, 0.2) is 238 Å². The maximum absolute atomic E-state index is 2.66. The smallest absolute Gasteiger partial charge is 0.252 e. The second kappa shape index (κ2) is 19.6. The van der Waals surface area contributed by atoms with Crippen molar-refractivity contribution >= 4 is 138 Å². The quantitative estimate of drug-likeness (QED) is 0.140. The van der Waals surface area contributed by atoms with Crippen LogP contribution in [0.5, 0.6) is 0 Å². The number of para-hydroxylation sites is 1. The van der Waals surface area contributed by atoms with Crippen LogP contribution in [-0.4, -0.2) is 13.4 Å². The van der Waals surface area contributed by atoms with Gasteiger partial charge < -0.3 is 19.6 Å². The first-order valence-corrected chi connectivity index (χ1v) is 30.2. The Labute approximate surface area is 492 Å². The summed E-state index contributed by atoms with van der Waals surface area (Å²) in [6.45, 7) is 17.6. The average molecular weight is 1090 g/mol. The van der Waals surface area contributed by atoms with E-state index in [0.717, 1.165) is 39.8 Å². The molecule has 394 valence electrons. The second-order valence-electron chi connectivity index (χ2n) is 23.2. The molecule has 0 radical (unpaired) electrons. The van der Waals surface area contributed by atoms with E-state index >= 15 is 0 Å². The molecule has 8 heteroatoms. The lowest BCUT2D eigenvalue weighted by molar-refractivity contribution is 1.20. The molecule has 4 aliphatic heterocycles. The van der Waals surface area contributed by atoms with Crippen molar-refractivity contribution in [3.63, 3.8) is 0 Å². The van der Waals surface area contributed by atoms with E-state index in [1.165, 1.54) is 125 Å². The lowest BCUT2D eigenvalue weighted by Crippen LogP contribution is -2.64. The predicted octanol–water partition coefficient (Wildman–Crippen LogP) is 16.6. The van der Waals surface area contributed by atoms with Crippen molar-refractivity contribution in [2.45, 2.75) is 75.0 Å². The van der Waals surface area contributed by atoms with Gasteiger partial charge in [-0.15, -0.1) is 0 Å². The van der Waals surface area contributed by atoms with Gasteiger partial charge in [0, 0.05) is 82.1 Å². The maximum Gasteiger partial charge on any atom is 0.252 e. The molecule has 0 amide bonds.